The van der Waals surface area contributed by atoms with E-state index in [1.807, 2.05) is 12.1 Å². The number of halogens is 2. The number of benzene rings is 1. The number of carbonyl (C=O) groups excluding carboxylic acids is 1. The second kappa shape index (κ2) is 12.6. The number of carbonyl (C=O) groups is 1. The van der Waals surface area contributed by atoms with Gasteiger partial charge in [-0.05, 0) is 49.9 Å². The van der Waals surface area contributed by atoms with Crippen LogP contribution in [-0.4, -0.2) is 29.9 Å². The third-order valence-electron chi connectivity index (χ3n) is 5.77. The van der Waals surface area contributed by atoms with Crippen LogP contribution < -0.4 is 11.1 Å². The molecule has 0 bridgehead atoms. The molecule has 27 heavy (non-hydrogen) atoms. The lowest BCUT2D eigenvalue weighted by Crippen LogP contribution is -2.38. The predicted octanol–water partition coefficient (Wildman–Crippen LogP) is 4.75. The Kier molecular flexibility index (Phi) is 11.3. The summed E-state index contributed by atoms with van der Waals surface area (Å²) in [5, 5.41) is 3.10. The molecule has 0 radical (unpaired) electrons. The van der Waals surface area contributed by atoms with E-state index in [2.05, 4.69) is 22.3 Å². The van der Waals surface area contributed by atoms with Gasteiger partial charge in [0.2, 0.25) is 5.91 Å². The van der Waals surface area contributed by atoms with Gasteiger partial charge >= 0.3 is 0 Å². The molecule has 6 heteroatoms. The van der Waals surface area contributed by atoms with Crippen molar-refractivity contribution in [3.8, 4) is 0 Å². The van der Waals surface area contributed by atoms with E-state index in [9.17, 15) is 4.79 Å². The van der Waals surface area contributed by atoms with E-state index in [4.69, 9.17) is 5.73 Å². The first-order chi connectivity index (χ1) is 12.2. The van der Waals surface area contributed by atoms with Gasteiger partial charge in [0, 0.05) is 12.2 Å². The maximum absolute atomic E-state index is 12.6. The topological polar surface area (TPSA) is 58.4 Å². The van der Waals surface area contributed by atoms with Gasteiger partial charge < -0.3 is 11.1 Å². The lowest BCUT2D eigenvalue weighted by atomic mass is 9.85. The number of hydrogen-bond acceptors (Lipinski definition) is 3. The largest absolute Gasteiger partial charge is 0.324 e. The minimum absolute atomic E-state index is 0. The lowest BCUT2D eigenvalue weighted by Gasteiger charge is -2.27. The Hall–Kier alpha value is -0.810. The standard InChI is InChI=1S/C21H33N3O.2ClH/c22-19(15-17-9-3-1-4-10-17)21(25)23-20-12-6-5-11-18(20)16-24-13-7-2-8-14-24;;/h5-6,11-12,17,19H,1-4,7-10,13-16,22H2,(H,23,25);2*1H/t19-;;/m0../s1. The molecule has 3 N–H and O–H groups in total. The third kappa shape index (κ3) is 7.61. The van der Waals surface area contributed by atoms with Gasteiger partial charge in [0.25, 0.3) is 0 Å². The van der Waals surface area contributed by atoms with E-state index >= 15 is 0 Å². The maximum atomic E-state index is 12.6. The van der Waals surface area contributed by atoms with Crippen LogP contribution in [0.25, 0.3) is 0 Å². The Labute approximate surface area is 176 Å². The number of likely N-dealkylation sites (tertiary alicyclic amines) is 1. The average Bonchev–Trinajstić information content (AvgIpc) is 2.65. The molecule has 1 amide bonds. The summed E-state index contributed by atoms with van der Waals surface area (Å²) in [5.41, 5.74) is 8.33. The van der Waals surface area contributed by atoms with E-state index < -0.39 is 6.04 Å². The Morgan fingerprint density at radius 2 is 1.67 bits per heavy atom. The summed E-state index contributed by atoms with van der Waals surface area (Å²) in [4.78, 5) is 15.1. The van der Waals surface area contributed by atoms with Crippen molar-refractivity contribution in [2.24, 2.45) is 11.7 Å². The monoisotopic (exact) mass is 415 g/mol. The van der Waals surface area contributed by atoms with E-state index in [0.29, 0.717) is 5.92 Å². The van der Waals surface area contributed by atoms with Crippen molar-refractivity contribution < 1.29 is 4.79 Å². The van der Waals surface area contributed by atoms with Crippen LogP contribution in [0.2, 0.25) is 0 Å². The molecule has 0 unspecified atom stereocenters. The molecule has 2 fully saturated rings. The molecule has 1 aromatic rings. The van der Waals surface area contributed by atoms with Crippen LogP contribution in [0.5, 0.6) is 0 Å². The smallest absolute Gasteiger partial charge is 0.241 e. The van der Waals surface area contributed by atoms with Gasteiger partial charge in [-0.2, -0.15) is 0 Å². The normalized spacial score (nSPS) is 19.4. The molecule has 4 nitrogen and oxygen atoms in total. The molecule has 0 spiro atoms. The average molecular weight is 416 g/mol. The highest BCUT2D eigenvalue weighted by atomic mass is 35.5. The van der Waals surface area contributed by atoms with Crippen LogP contribution in [0.4, 0.5) is 5.69 Å². The number of piperidine rings is 1. The van der Waals surface area contributed by atoms with Crippen LogP contribution in [-0.2, 0) is 11.3 Å². The number of nitrogens with two attached hydrogens (primary N) is 1. The summed E-state index contributed by atoms with van der Waals surface area (Å²) < 4.78 is 0. The van der Waals surface area contributed by atoms with Gasteiger partial charge in [-0.25, -0.2) is 0 Å². The summed E-state index contributed by atoms with van der Waals surface area (Å²) >= 11 is 0. The molecule has 1 heterocycles. The minimum Gasteiger partial charge on any atom is -0.324 e. The molecule has 1 saturated heterocycles. The summed E-state index contributed by atoms with van der Waals surface area (Å²) in [6.45, 7) is 3.22. The van der Waals surface area contributed by atoms with Gasteiger partial charge in [-0.3, -0.25) is 9.69 Å². The second-order valence-corrected chi connectivity index (χ2v) is 7.83. The zero-order chi connectivity index (χ0) is 17.5. The number of amides is 1. The van der Waals surface area contributed by atoms with Gasteiger partial charge in [-0.15, -0.1) is 24.8 Å². The van der Waals surface area contributed by atoms with Gasteiger partial charge in [0.05, 0.1) is 6.04 Å². The quantitative estimate of drug-likeness (QED) is 0.704. The number of para-hydroxylation sites is 1. The summed E-state index contributed by atoms with van der Waals surface area (Å²) in [5.74, 6) is 0.592. The maximum Gasteiger partial charge on any atom is 0.241 e. The number of hydrogen-bond donors (Lipinski definition) is 2. The van der Waals surface area contributed by atoms with Crippen LogP contribution in [0.3, 0.4) is 0 Å². The molecule has 3 rings (SSSR count). The zero-order valence-electron chi connectivity index (χ0n) is 16.2. The molecule has 1 aliphatic carbocycles. The number of rotatable bonds is 6. The third-order valence-corrected chi connectivity index (χ3v) is 5.77. The van der Waals surface area contributed by atoms with E-state index in [1.165, 1.54) is 56.9 Å². The van der Waals surface area contributed by atoms with Crippen LogP contribution in [0.1, 0.15) is 63.4 Å². The Balaban J connectivity index is 0.00000182. The Bertz CT molecular complexity index is 558. The number of anilines is 1. The number of nitrogens with zero attached hydrogens (tertiary/aromatic N) is 1. The SMILES string of the molecule is Cl.Cl.N[C@@H](CC1CCCCC1)C(=O)Nc1ccccc1CN1CCCCC1. The summed E-state index contributed by atoms with van der Waals surface area (Å²) in [6, 6.07) is 7.77. The fraction of sp³-hybridized carbons (Fsp3) is 0.667. The molecule has 1 aliphatic heterocycles. The highest BCUT2D eigenvalue weighted by Crippen LogP contribution is 2.27. The molecule has 0 aromatic heterocycles. The molecule has 1 atom stereocenters. The van der Waals surface area contributed by atoms with E-state index in [1.54, 1.807) is 0 Å². The lowest BCUT2D eigenvalue weighted by molar-refractivity contribution is -0.117. The molecular formula is C21H35Cl2N3O. The van der Waals surface area contributed by atoms with Crippen molar-refractivity contribution in [1.29, 1.82) is 0 Å². The van der Waals surface area contributed by atoms with Gasteiger partial charge in [-0.1, -0.05) is 56.7 Å². The Morgan fingerprint density at radius 3 is 2.37 bits per heavy atom. The molecule has 2 aliphatic rings. The molecule has 154 valence electrons. The first kappa shape index (κ1) is 24.2. The first-order valence-corrected chi connectivity index (χ1v) is 10.1. The van der Waals surface area contributed by atoms with Crippen molar-refractivity contribution in [2.75, 3.05) is 18.4 Å². The van der Waals surface area contributed by atoms with Gasteiger partial charge in [0.15, 0.2) is 0 Å². The molecule has 1 saturated carbocycles. The summed E-state index contributed by atoms with van der Waals surface area (Å²) in [6.07, 6.45) is 11.1. The van der Waals surface area contributed by atoms with Crippen molar-refractivity contribution in [3.63, 3.8) is 0 Å². The zero-order valence-corrected chi connectivity index (χ0v) is 17.8. The van der Waals surface area contributed by atoms with Crippen molar-refractivity contribution in [3.05, 3.63) is 29.8 Å². The molecular weight excluding hydrogens is 381 g/mol. The minimum atomic E-state index is -0.397. The van der Waals surface area contributed by atoms with Crippen molar-refractivity contribution in [1.82, 2.24) is 4.90 Å². The molecule has 1 aromatic carbocycles. The van der Waals surface area contributed by atoms with Crippen LogP contribution in [0, 0.1) is 5.92 Å². The fourth-order valence-electron chi connectivity index (χ4n) is 4.25. The van der Waals surface area contributed by atoms with Crippen molar-refractivity contribution >= 4 is 36.4 Å². The summed E-state index contributed by atoms with van der Waals surface area (Å²) in [7, 11) is 0. The number of nitrogens with one attached hydrogen (secondary N) is 1. The van der Waals surface area contributed by atoms with E-state index in [0.717, 1.165) is 31.7 Å². The fourth-order valence-corrected chi connectivity index (χ4v) is 4.25. The predicted molar refractivity (Wildman–Crippen MR) is 118 cm³/mol. The second-order valence-electron chi connectivity index (χ2n) is 7.83. The van der Waals surface area contributed by atoms with Crippen LogP contribution >= 0.6 is 24.8 Å². The highest BCUT2D eigenvalue weighted by molar-refractivity contribution is 5.95. The first-order valence-electron chi connectivity index (χ1n) is 10.1. The van der Waals surface area contributed by atoms with E-state index in [-0.39, 0.29) is 30.7 Å². The Morgan fingerprint density at radius 1 is 1.04 bits per heavy atom. The van der Waals surface area contributed by atoms with Gasteiger partial charge in [0.1, 0.15) is 0 Å². The van der Waals surface area contributed by atoms with Crippen LogP contribution in [0.15, 0.2) is 24.3 Å². The highest BCUT2D eigenvalue weighted by Gasteiger charge is 2.22. The van der Waals surface area contributed by atoms with Crippen molar-refractivity contribution in [2.45, 2.75) is 70.4 Å².